The molecule has 1 amide bonds. The zero-order valence-corrected chi connectivity index (χ0v) is 29.3. The first-order valence-corrected chi connectivity index (χ1v) is 16.3. The highest BCUT2D eigenvalue weighted by molar-refractivity contribution is 6.02. The second-order valence-corrected chi connectivity index (χ2v) is 11.3. The van der Waals surface area contributed by atoms with Crippen molar-refractivity contribution in [3.8, 4) is 46.0 Å². The van der Waals surface area contributed by atoms with Gasteiger partial charge in [-0.15, -0.1) is 0 Å². The van der Waals surface area contributed by atoms with Crippen molar-refractivity contribution in [3.63, 3.8) is 0 Å². The third-order valence-electron chi connectivity index (χ3n) is 8.21. The Morgan fingerprint density at radius 2 is 1.20 bits per heavy atom. The molecule has 5 rings (SSSR count). The number of hydrogen-bond acceptors (Lipinski definition) is 10. The number of amides is 1. The maximum atomic E-state index is 12.8. The van der Waals surface area contributed by atoms with E-state index in [4.69, 9.17) is 37.9 Å². The number of rotatable bonds is 17. The van der Waals surface area contributed by atoms with Crippen LogP contribution < -0.4 is 48.5 Å². The fourth-order valence-corrected chi connectivity index (χ4v) is 5.56. The molecule has 0 fully saturated rings. The summed E-state index contributed by atoms with van der Waals surface area (Å²) < 4.78 is 44.9. The van der Waals surface area contributed by atoms with E-state index in [0.717, 1.165) is 41.6 Å². The number of ether oxygens (including phenoxy) is 8. The van der Waals surface area contributed by atoms with Crippen LogP contribution in [0.4, 0.5) is 5.69 Å². The number of nitrogens with one attached hydrogen (secondary N) is 2. The monoisotopic (exact) mass is 684 g/mol. The maximum Gasteiger partial charge on any atom is 0.255 e. The van der Waals surface area contributed by atoms with Gasteiger partial charge in [-0.25, -0.2) is 0 Å². The van der Waals surface area contributed by atoms with Gasteiger partial charge in [0.15, 0.2) is 34.5 Å². The summed E-state index contributed by atoms with van der Waals surface area (Å²) in [5.41, 5.74) is 3.97. The SMILES string of the molecule is COc1ccc2c(c1)C(=O)NC(c1ccc(OCCCCCOc3cc(/C=C/c4cc(OC)c(OC)c(OC)c4)ccc3OC)c(OC)c1)N2. The first-order chi connectivity index (χ1) is 24.4. The summed E-state index contributed by atoms with van der Waals surface area (Å²) in [4.78, 5) is 12.8. The Kier molecular flexibility index (Phi) is 12.2. The van der Waals surface area contributed by atoms with Gasteiger partial charge in [-0.1, -0.05) is 24.3 Å². The van der Waals surface area contributed by atoms with E-state index in [1.54, 1.807) is 48.7 Å². The summed E-state index contributed by atoms with van der Waals surface area (Å²) in [5.74, 6) is 4.74. The average molecular weight is 685 g/mol. The number of unbranched alkanes of at least 4 members (excludes halogenated alkanes) is 2. The maximum absolute atomic E-state index is 12.8. The molecule has 50 heavy (non-hydrogen) atoms. The summed E-state index contributed by atoms with van der Waals surface area (Å²) >= 11 is 0. The summed E-state index contributed by atoms with van der Waals surface area (Å²) in [5, 5.41) is 6.36. The third-order valence-corrected chi connectivity index (χ3v) is 8.21. The summed E-state index contributed by atoms with van der Waals surface area (Å²) in [6.07, 6.45) is 6.14. The van der Waals surface area contributed by atoms with Gasteiger partial charge in [-0.3, -0.25) is 4.79 Å². The number of carbonyl (C=O) groups excluding carboxylic acids is 1. The highest BCUT2D eigenvalue weighted by Crippen LogP contribution is 2.39. The molecule has 0 spiro atoms. The molecule has 11 heteroatoms. The summed E-state index contributed by atoms with van der Waals surface area (Å²) in [6, 6.07) is 20.6. The second-order valence-electron chi connectivity index (χ2n) is 11.3. The van der Waals surface area contributed by atoms with Gasteiger partial charge < -0.3 is 48.5 Å². The average Bonchev–Trinajstić information content (AvgIpc) is 3.15. The van der Waals surface area contributed by atoms with Crippen LogP contribution in [0.15, 0.2) is 66.7 Å². The van der Waals surface area contributed by atoms with E-state index in [1.807, 2.05) is 72.8 Å². The fourth-order valence-electron chi connectivity index (χ4n) is 5.56. The quantitative estimate of drug-likeness (QED) is 0.0862. The molecule has 1 unspecified atom stereocenters. The van der Waals surface area contributed by atoms with Gasteiger partial charge in [-0.2, -0.15) is 0 Å². The molecule has 1 aliphatic heterocycles. The summed E-state index contributed by atoms with van der Waals surface area (Å²) in [6.45, 7) is 1.05. The van der Waals surface area contributed by atoms with Crippen molar-refractivity contribution in [2.24, 2.45) is 0 Å². The van der Waals surface area contributed by atoms with Crippen LogP contribution in [-0.4, -0.2) is 61.8 Å². The lowest BCUT2D eigenvalue weighted by Crippen LogP contribution is -2.38. The molecular formula is C39H44N2O9. The Bertz CT molecular complexity index is 1780. The van der Waals surface area contributed by atoms with Crippen LogP contribution in [0.3, 0.4) is 0 Å². The van der Waals surface area contributed by atoms with E-state index in [9.17, 15) is 4.79 Å². The van der Waals surface area contributed by atoms with Crippen LogP contribution >= 0.6 is 0 Å². The van der Waals surface area contributed by atoms with E-state index in [0.29, 0.717) is 64.8 Å². The second kappa shape index (κ2) is 17.1. The fraction of sp³-hybridized carbons (Fsp3) is 0.308. The Hall–Kier alpha value is -5.71. The highest BCUT2D eigenvalue weighted by atomic mass is 16.5. The molecule has 2 N–H and O–H groups in total. The molecule has 0 aromatic heterocycles. The minimum atomic E-state index is -0.414. The van der Waals surface area contributed by atoms with E-state index in [-0.39, 0.29) is 5.91 Å². The molecule has 264 valence electrons. The van der Waals surface area contributed by atoms with Crippen LogP contribution in [0.1, 0.15) is 52.5 Å². The van der Waals surface area contributed by atoms with Crippen molar-refractivity contribution in [3.05, 3.63) is 89.0 Å². The molecule has 4 aromatic carbocycles. The number of benzene rings is 4. The zero-order chi connectivity index (χ0) is 35.5. The zero-order valence-electron chi connectivity index (χ0n) is 29.3. The number of carbonyl (C=O) groups is 1. The van der Waals surface area contributed by atoms with Gasteiger partial charge >= 0.3 is 0 Å². The van der Waals surface area contributed by atoms with Crippen LogP contribution in [0.2, 0.25) is 0 Å². The molecular weight excluding hydrogens is 640 g/mol. The molecule has 0 aliphatic carbocycles. The van der Waals surface area contributed by atoms with E-state index in [2.05, 4.69) is 10.6 Å². The van der Waals surface area contributed by atoms with Crippen LogP contribution in [0.25, 0.3) is 12.2 Å². The van der Waals surface area contributed by atoms with Gasteiger partial charge in [-0.05, 0) is 90.6 Å². The Balaban J connectivity index is 1.10. The molecule has 4 aromatic rings. The number of methoxy groups -OCH3 is 6. The number of fused-ring (bicyclic) bond motifs is 1. The van der Waals surface area contributed by atoms with Gasteiger partial charge in [0.2, 0.25) is 5.75 Å². The number of hydrogen-bond donors (Lipinski definition) is 2. The Morgan fingerprint density at radius 3 is 1.86 bits per heavy atom. The predicted molar refractivity (Wildman–Crippen MR) is 193 cm³/mol. The van der Waals surface area contributed by atoms with Crippen molar-refractivity contribution < 1.29 is 42.7 Å². The van der Waals surface area contributed by atoms with E-state index < -0.39 is 6.17 Å². The largest absolute Gasteiger partial charge is 0.497 e. The van der Waals surface area contributed by atoms with E-state index in [1.165, 1.54) is 0 Å². The van der Waals surface area contributed by atoms with Gasteiger partial charge in [0, 0.05) is 5.69 Å². The lowest BCUT2D eigenvalue weighted by Gasteiger charge is -2.28. The number of anilines is 1. The van der Waals surface area contributed by atoms with Crippen molar-refractivity contribution in [2.75, 3.05) is 61.2 Å². The van der Waals surface area contributed by atoms with Crippen molar-refractivity contribution in [2.45, 2.75) is 25.4 Å². The molecule has 0 saturated carbocycles. The Labute approximate surface area is 293 Å². The molecule has 0 bridgehead atoms. The van der Waals surface area contributed by atoms with Crippen LogP contribution in [-0.2, 0) is 0 Å². The molecule has 1 heterocycles. The van der Waals surface area contributed by atoms with Crippen molar-refractivity contribution in [1.29, 1.82) is 0 Å². The predicted octanol–water partition coefficient (Wildman–Crippen LogP) is 7.39. The Morgan fingerprint density at radius 1 is 0.560 bits per heavy atom. The molecule has 0 saturated heterocycles. The van der Waals surface area contributed by atoms with Gasteiger partial charge in [0.1, 0.15) is 11.9 Å². The van der Waals surface area contributed by atoms with E-state index >= 15 is 0 Å². The first kappa shape index (κ1) is 35.6. The molecule has 1 atom stereocenters. The van der Waals surface area contributed by atoms with Crippen molar-refractivity contribution in [1.82, 2.24) is 5.32 Å². The third kappa shape index (κ3) is 8.46. The first-order valence-electron chi connectivity index (χ1n) is 16.3. The lowest BCUT2D eigenvalue weighted by atomic mass is 10.0. The van der Waals surface area contributed by atoms with Gasteiger partial charge in [0.05, 0.1) is 61.4 Å². The lowest BCUT2D eigenvalue weighted by molar-refractivity contribution is 0.0935. The van der Waals surface area contributed by atoms with Crippen molar-refractivity contribution >= 4 is 23.7 Å². The topological polar surface area (TPSA) is 115 Å². The van der Waals surface area contributed by atoms with Crippen LogP contribution in [0, 0.1) is 0 Å². The standard InChI is InChI=1S/C39H44N2O9/c1-43-28-14-15-30-29(24-28)39(42)41-38(40-30)27-13-17-32(33(23-27)45-3)49-18-8-7-9-19-50-34-20-25(12-16-31(34)44-2)10-11-26-21-35(46-4)37(48-6)36(22-26)47-5/h10-17,20-24,38,40H,7-9,18-19H2,1-6H3,(H,41,42)/b11-10+. The smallest absolute Gasteiger partial charge is 0.255 e. The minimum Gasteiger partial charge on any atom is -0.497 e. The molecule has 11 nitrogen and oxygen atoms in total. The summed E-state index contributed by atoms with van der Waals surface area (Å²) in [7, 11) is 9.57. The van der Waals surface area contributed by atoms with Crippen LogP contribution in [0.5, 0.6) is 46.0 Å². The molecule has 0 radical (unpaired) electrons. The molecule has 1 aliphatic rings. The highest BCUT2D eigenvalue weighted by Gasteiger charge is 2.26. The normalized spacial score (nSPS) is 13.5. The van der Waals surface area contributed by atoms with Gasteiger partial charge in [0.25, 0.3) is 5.91 Å². The minimum absolute atomic E-state index is 0.179.